The predicted octanol–water partition coefficient (Wildman–Crippen LogP) is 3.66. The molecule has 25 heavy (non-hydrogen) atoms. The highest BCUT2D eigenvalue weighted by Gasteiger charge is 2.26. The number of halogens is 1. The third kappa shape index (κ3) is 4.22. The van der Waals surface area contributed by atoms with Crippen molar-refractivity contribution in [2.45, 2.75) is 30.7 Å². The number of piperidine rings is 1. The van der Waals surface area contributed by atoms with Crippen LogP contribution in [0.5, 0.6) is 0 Å². The van der Waals surface area contributed by atoms with E-state index in [0.29, 0.717) is 19.6 Å². The molecule has 1 aliphatic heterocycles. The second-order valence-corrected chi connectivity index (χ2v) is 9.06. The minimum atomic E-state index is -3.43. The fourth-order valence-electron chi connectivity index (χ4n) is 2.97. The topological polar surface area (TPSA) is 53.5 Å². The smallest absolute Gasteiger partial charge is 0.244 e. The molecule has 2 aromatic rings. The van der Waals surface area contributed by atoms with Gasteiger partial charge in [-0.2, -0.15) is 4.31 Å². The Morgan fingerprint density at radius 1 is 1.12 bits per heavy atom. The summed E-state index contributed by atoms with van der Waals surface area (Å²) >= 11 is 3.55. The quantitative estimate of drug-likeness (QED) is 0.735. The molecule has 0 spiro atoms. The number of rotatable bonds is 5. The van der Waals surface area contributed by atoms with E-state index in [2.05, 4.69) is 27.0 Å². The third-order valence-corrected chi connectivity index (χ3v) is 7.09. The average molecular weight is 424 g/mol. The number of hydrogen-bond acceptors (Lipinski definition) is 4. The molecule has 2 heterocycles. The van der Waals surface area contributed by atoms with Crippen molar-refractivity contribution in [1.82, 2.24) is 9.29 Å². The van der Waals surface area contributed by atoms with Gasteiger partial charge in [-0.15, -0.1) is 0 Å². The van der Waals surface area contributed by atoms with E-state index in [1.165, 1.54) is 6.20 Å². The summed E-state index contributed by atoms with van der Waals surface area (Å²) in [5.41, 5.74) is 1.15. The molecule has 5 nitrogen and oxygen atoms in total. The first-order chi connectivity index (χ1) is 12.0. The summed E-state index contributed by atoms with van der Waals surface area (Å²) in [6, 6.07) is 11.5. The maximum absolute atomic E-state index is 12.7. The van der Waals surface area contributed by atoms with Crippen LogP contribution in [0.15, 0.2) is 52.0 Å². The average Bonchev–Trinajstić information content (AvgIpc) is 2.64. The van der Waals surface area contributed by atoms with Gasteiger partial charge >= 0.3 is 0 Å². The molecule has 1 aliphatic rings. The summed E-state index contributed by atoms with van der Waals surface area (Å²) < 4.78 is 28.0. The number of nitrogens with zero attached hydrogens (tertiary/aromatic N) is 3. The second kappa shape index (κ2) is 7.85. The number of pyridine rings is 1. The Hall–Kier alpha value is -1.44. The fourth-order valence-corrected chi connectivity index (χ4v) is 4.84. The van der Waals surface area contributed by atoms with Crippen LogP contribution in [0.25, 0.3) is 0 Å². The molecule has 1 saturated heterocycles. The van der Waals surface area contributed by atoms with Crippen LogP contribution in [0, 0.1) is 0 Å². The van der Waals surface area contributed by atoms with Crippen LogP contribution in [0.1, 0.15) is 24.8 Å². The van der Waals surface area contributed by atoms with E-state index < -0.39 is 10.0 Å². The van der Waals surface area contributed by atoms with Crippen LogP contribution >= 0.6 is 15.9 Å². The Morgan fingerprint density at radius 3 is 2.48 bits per heavy atom. The molecule has 0 unspecified atom stereocenters. The zero-order valence-corrected chi connectivity index (χ0v) is 16.6. The lowest BCUT2D eigenvalue weighted by Crippen LogP contribution is -2.35. The normalized spacial score (nSPS) is 15.9. The summed E-state index contributed by atoms with van der Waals surface area (Å²) in [5, 5.41) is 0. The second-order valence-electron chi connectivity index (χ2n) is 6.26. The lowest BCUT2D eigenvalue weighted by molar-refractivity contribution is 0.346. The molecule has 1 fully saturated rings. The third-order valence-electron chi connectivity index (χ3n) is 4.43. The summed E-state index contributed by atoms with van der Waals surface area (Å²) in [5.74, 6) is 0.744. The first kappa shape index (κ1) is 18.4. The molecular formula is C18H22BrN3O2S. The van der Waals surface area contributed by atoms with Crippen molar-refractivity contribution in [2.75, 3.05) is 25.0 Å². The first-order valence-electron chi connectivity index (χ1n) is 8.39. The zero-order valence-electron chi connectivity index (χ0n) is 14.2. The van der Waals surface area contributed by atoms with Crippen LogP contribution < -0.4 is 4.90 Å². The monoisotopic (exact) mass is 423 g/mol. The van der Waals surface area contributed by atoms with Crippen LogP contribution in [0.4, 0.5) is 5.82 Å². The summed E-state index contributed by atoms with van der Waals surface area (Å²) in [6.07, 6.45) is 4.43. The van der Waals surface area contributed by atoms with E-state index in [4.69, 9.17) is 0 Å². The number of benzene rings is 1. The molecule has 1 aromatic heterocycles. The molecule has 0 atom stereocenters. The summed E-state index contributed by atoms with van der Waals surface area (Å²) in [4.78, 5) is 6.64. The molecule has 0 amide bonds. The van der Waals surface area contributed by atoms with E-state index in [0.717, 1.165) is 35.1 Å². The molecule has 0 N–H and O–H groups in total. The van der Waals surface area contributed by atoms with Crippen molar-refractivity contribution in [2.24, 2.45) is 0 Å². The molecule has 3 rings (SSSR count). The molecule has 0 bridgehead atoms. The van der Waals surface area contributed by atoms with Gasteiger partial charge < -0.3 is 4.90 Å². The standard InChI is InChI=1S/C18H22BrN3O2S/c1-21(14-15-7-3-4-8-17(15)19)18-10-9-16(13-20-18)25(23,24)22-11-5-2-6-12-22/h3-4,7-10,13H,2,5-6,11-12,14H2,1H3. The number of sulfonamides is 1. The molecule has 1 aromatic carbocycles. The summed E-state index contributed by atoms with van der Waals surface area (Å²) in [7, 11) is -1.48. The van der Waals surface area contributed by atoms with Gasteiger partial charge in [0.05, 0.1) is 0 Å². The Labute approximate surface area is 157 Å². The van der Waals surface area contributed by atoms with Gasteiger partial charge in [0.2, 0.25) is 10.0 Å². The van der Waals surface area contributed by atoms with Crippen molar-refractivity contribution in [1.29, 1.82) is 0 Å². The van der Waals surface area contributed by atoms with Crippen molar-refractivity contribution in [3.8, 4) is 0 Å². The lowest BCUT2D eigenvalue weighted by atomic mass is 10.2. The number of aromatic nitrogens is 1. The number of anilines is 1. The highest BCUT2D eigenvalue weighted by Crippen LogP contribution is 2.23. The van der Waals surface area contributed by atoms with Gasteiger partial charge in [0, 0.05) is 37.4 Å². The summed E-state index contributed by atoms with van der Waals surface area (Å²) in [6.45, 7) is 1.89. The molecule has 134 valence electrons. The van der Waals surface area contributed by atoms with Gasteiger partial charge in [-0.1, -0.05) is 40.5 Å². The Kier molecular flexibility index (Phi) is 5.76. The van der Waals surface area contributed by atoms with Gasteiger partial charge in [-0.05, 0) is 36.6 Å². The number of hydrogen-bond donors (Lipinski definition) is 0. The van der Waals surface area contributed by atoms with E-state index in [9.17, 15) is 8.42 Å². The van der Waals surface area contributed by atoms with E-state index >= 15 is 0 Å². The zero-order chi connectivity index (χ0) is 17.9. The molecular weight excluding hydrogens is 402 g/mol. The van der Waals surface area contributed by atoms with Gasteiger partial charge in [0.25, 0.3) is 0 Å². The highest BCUT2D eigenvalue weighted by atomic mass is 79.9. The Balaban J connectivity index is 1.74. The van der Waals surface area contributed by atoms with Gasteiger partial charge in [0.1, 0.15) is 10.7 Å². The molecule has 7 heteroatoms. The van der Waals surface area contributed by atoms with Crippen molar-refractivity contribution < 1.29 is 8.42 Å². The maximum Gasteiger partial charge on any atom is 0.244 e. The first-order valence-corrected chi connectivity index (χ1v) is 10.6. The molecule has 0 aliphatic carbocycles. The van der Waals surface area contributed by atoms with Crippen LogP contribution in [-0.4, -0.2) is 37.8 Å². The van der Waals surface area contributed by atoms with Crippen molar-refractivity contribution in [3.05, 3.63) is 52.6 Å². The van der Waals surface area contributed by atoms with Crippen molar-refractivity contribution in [3.63, 3.8) is 0 Å². The van der Waals surface area contributed by atoms with Gasteiger partial charge in [0.15, 0.2) is 0 Å². The van der Waals surface area contributed by atoms with E-state index in [1.54, 1.807) is 16.4 Å². The van der Waals surface area contributed by atoms with E-state index in [1.807, 2.05) is 30.1 Å². The Morgan fingerprint density at radius 2 is 1.84 bits per heavy atom. The van der Waals surface area contributed by atoms with Gasteiger partial charge in [-0.25, -0.2) is 13.4 Å². The van der Waals surface area contributed by atoms with Crippen LogP contribution in [-0.2, 0) is 16.6 Å². The van der Waals surface area contributed by atoms with Gasteiger partial charge in [-0.3, -0.25) is 0 Å². The molecule has 0 radical (unpaired) electrons. The Bertz CT molecular complexity index is 818. The largest absolute Gasteiger partial charge is 0.355 e. The maximum atomic E-state index is 12.7. The fraction of sp³-hybridized carbons (Fsp3) is 0.389. The van der Waals surface area contributed by atoms with Crippen molar-refractivity contribution >= 4 is 31.8 Å². The van der Waals surface area contributed by atoms with Crippen LogP contribution in [0.2, 0.25) is 0 Å². The minimum Gasteiger partial charge on any atom is -0.355 e. The predicted molar refractivity (Wildman–Crippen MR) is 103 cm³/mol. The minimum absolute atomic E-state index is 0.271. The highest BCUT2D eigenvalue weighted by molar-refractivity contribution is 9.10. The molecule has 0 saturated carbocycles. The van der Waals surface area contributed by atoms with Crippen LogP contribution in [0.3, 0.4) is 0 Å². The van der Waals surface area contributed by atoms with E-state index in [-0.39, 0.29) is 4.90 Å². The SMILES string of the molecule is CN(Cc1ccccc1Br)c1ccc(S(=O)(=O)N2CCCCC2)cn1. The lowest BCUT2D eigenvalue weighted by Gasteiger charge is -2.26.